The number of halogens is 2. The van der Waals surface area contributed by atoms with Gasteiger partial charge in [-0.15, -0.1) is 0 Å². The van der Waals surface area contributed by atoms with Crippen LogP contribution in [0.15, 0.2) is 54.6 Å². The second-order valence-corrected chi connectivity index (χ2v) is 9.93. The van der Waals surface area contributed by atoms with Crippen LogP contribution in [-0.4, -0.2) is 0 Å². The molecule has 0 bridgehead atoms. The summed E-state index contributed by atoms with van der Waals surface area (Å²) in [6, 6.07) is 19.1. The summed E-state index contributed by atoms with van der Waals surface area (Å²) >= 11 is 13.1. The average molecular weight is 387 g/mol. The molecular formula is C22H21Cl2P. The summed E-state index contributed by atoms with van der Waals surface area (Å²) in [5.41, 5.74) is 9.72. The normalized spacial score (nSPS) is 11.2. The maximum Gasteiger partial charge on any atom is 0.118 e. The number of benzene rings is 3. The van der Waals surface area contributed by atoms with Crippen LogP contribution in [0, 0.1) is 27.7 Å². The van der Waals surface area contributed by atoms with Gasteiger partial charge in [0.2, 0.25) is 0 Å². The summed E-state index contributed by atoms with van der Waals surface area (Å²) in [5, 5.41) is 1.05. The second kappa shape index (κ2) is 7.50. The van der Waals surface area contributed by atoms with Crippen molar-refractivity contribution in [3.05, 3.63) is 76.9 Å². The van der Waals surface area contributed by atoms with Crippen molar-refractivity contribution in [3.8, 4) is 22.3 Å². The molecule has 0 atom stereocenters. The molecule has 0 N–H and O–H groups in total. The van der Waals surface area contributed by atoms with Crippen molar-refractivity contribution < 1.29 is 0 Å². The van der Waals surface area contributed by atoms with Gasteiger partial charge in [0, 0.05) is 5.30 Å². The third kappa shape index (κ3) is 3.49. The van der Waals surface area contributed by atoms with E-state index < -0.39 is 6.63 Å². The zero-order valence-electron chi connectivity index (χ0n) is 14.9. The van der Waals surface area contributed by atoms with Gasteiger partial charge in [-0.25, -0.2) is 0 Å². The van der Waals surface area contributed by atoms with E-state index in [-0.39, 0.29) is 0 Å². The van der Waals surface area contributed by atoms with Gasteiger partial charge < -0.3 is 0 Å². The fraction of sp³-hybridized carbons (Fsp3) is 0.182. The Bertz CT molecular complexity index is 819. The highest BCUT2D eigenvalue weighted by Gasteiger charge is 2.21. The number of aryl methyl sites for hydroxylation is 4. The lowest BCUT2D eigenvalue weighted by atomic mass is 9.90. The van der Waals surface area contributed by atoms with Crippen molar-refractivity contribution in [2.45, 2.75) is 27.7 Å². The standard InChI is InChI=1S/C22H21Cl2P/c1-14-8-5-9-15(2)20(14)18-12-7-13-19(22(18)25(23)24)21-16(3)10-6-11-17(21)4/h5-13H,1-4H3. The summed E-state index contributed by atoms with van der Waals surface area (Å²) in [7, 11) is 0. The van der Waals surface area contributed by atoms with Gasteiger partial charge in [-0.1, -0.05) is 77.1 Å². The number of hydrogen-bond acceptors (Lipinski definition) is 0. The van der Waals surface area contributed by atoms with Gasteiger partial charge in [0.15, 0.2) is 0 Å². The average Bonchev–Trinajstić information content (AvgIpc) is 2.54. The molecule has 0 heterocycles. The Balaban J connectivity index is 2.38. The first-order chi connectivity index (χ1) is 11.9. The minimum absolute atomic E-state index is 1.05. The van der Waals surface area contributed by atoms with E-state index in [0.717, 1.165) is 16.4 Å². The molecule has 0 amide bonds. The molecule has 0 spiro atoms. The van der Waals surface area contributed by atoms with Gasteiger partial charge in [0.05, 0.1) is 0 Å². The molecule has 3 rings (SSSR count). The molecule has 0 saturated heterocycles. The fourth-order valence-corrected chi connectivity index (χ4v) is 5.44. The highest BCUT2D eigenvalue weighted by atomic mass is 35.9. The lowest BCUT2D eigenvalue weighted by molar-refractivity contribution is 1.37. The SMILES string of the molecule is Cc1cccc(C)c1-c1cccc(-c2c(C)cccc2C)c1P(Cl)Cl. The van der Waals surface area contributed by atoms with Gasteiger partial charge in [0.1, 0.15) is 6.63 Å². The summed E-state index contributed by atoms with van der Waals surface area (Å²) in [6.45, 7) is 7.28. The van der Waals surface area contributed by atoms with Crippen molar-refractivity contribution >= 4 is 34.4 Å². The van der Waals surface area contributed by atoms with E-state index in [4.69, 9.17) is 22.5 Å². The fourth-order valence-electron chi connectivity index (χ4n) is 3.61. The number of rotatable bonds is 3. The van der Waals surface area contributed by atoms with Gasteiger partial charge in [-0.05, 0) is 72.2 Å². The molecule has 3 aromatic carbocycles. The molecule has 0 aliphatic rings. The van der Waals surface area contributed by atoms with Crippen LogP contribution < -0.4 is 5.30 Å². The van der Waals surface area contributed by atoms with Crippen LogP contribution in [0.1, 0.15) is 22.3 Å². The molecule has 0 nitrogen and oxygen atoms in total. The van der Waals surface area contributed by atoms with Crippen molar-refractivity contribution in [2.24, 2.45) is 0 Å². The van der Waals surface area contributed by atoms with Crippen molar-refractivity contribution in [1.29, 1.82) is 0 Å². The summed E-state index contributed by atoms with van der Waals surface area (Å²) in [4.78, 5) is 0. The molecular weight excluding hydrogens is 366 g/mol. The Morgan fingerprint density at radius 3 is 1.20 bits per heavy atom. The lowest BCUT2D eigenvalue weighted by Crippen LogP contribution is -2.08. The van der Waals surface area contributed by atoms with Crippen LogP contribution in [0.3, 0.4) is 0 Å². The molecule has 0 fully saturated rings. The molecule has 0 aliphatic heterocycles. The molecule has 0 aromatic heterocycles. The Kier molecular flexibility index (Phi) is 5.54. The van der Waals surface area contributed by atoms with Crippen LogP contribution in [0.2, 0.25) is 0 Å². The minimum Gasteiger partial charge on any atom is -0.0727 e. The first kappa shape index (κ1) is 18.5. The van der Waals surface area contributed by atoms with Gasteiger partial charge >= 0.3 is 0 Å². The molecule has 3 heteroatoms. The van der Waals surface area contributed by atoms with Crippen LogP contribution in [0.4, 0.5) is 0 Å². The van der Waals surface area contributed by atoms with Gasteiger partial charge in [-0.2, -0.15) is 0 Å². The molecule has 0 unspecified atom stereocenters. The van der Waals surface area contributed by atoms with Crippen LogP contribution in [0.25, 0.3) is 22.3 Å². The quantitative estimate of drug-likeness (QED) is 0.405. The molecule has 0 aliphatic carbocycles. The van der Waals surface area contributed by atoms with E-state index in [1.54, 1.807) is 0 Å². The van der Waals surface area contributed by atoms with Gasteiger partial charge in [0.25, 0.3) is 0 Å². The monoisotopic (exact) mass is 386 g/mol. The maximum atomic E-state index is 6.55. The van der Waals surface area contributed by atoms with Crippen molar-refractivity contribution in [2.75, 3.05) is 0 Å². The van der Waals surface area contributed by atoms with E-state index in [2.05, 4.69) is 82.3 Å². The largest absolute Gasteiger partial charge is 0.118 e. The third-order valence-electron chi connectivity index (χ3n) is 4.71. The number of hydrogen-bond donors (Lipinski definition) is 0. The summed E-state index contributed by atoms with van der Waals surface area (Å²) in [6.07, 6.45) is 0. The molecule has 25 heavy (non-hydrogen) atoms. The Morgan fingerprint density at radius 1 is 0.560 bits per heavy atom. The van der Waals surface area contributed by atoms with E-state index >= 15 is 0 Å². The predicted molar refractivity (Wildman–Crippen MR) is 115 cm³/mol. The molecule has 0 radical (unpaired) electrons. The first-order valence-electron chi connectivity index (χ1n) is 8.29. The van der Waals surface area contributed by atoms with Gasteiger partial charge in [-0.3, -0.25) is 0 Å². The Labute approximate surface area is 161 Å². The van der Waals surface area contributed by atoms with Crippen LogP contribution in [0.5, 0.6) is 0 Å². The Hall–Kier alpha value is -1.33. The second-order valence-electron chi connectivity index (χ2n) is 6.47. The van der Waals surface area contributed by atoms with E-state index in [9.17, 15) is 0 Å². The highest BCUT2D eigenvalue weighted by Crippen LogP contribution is 2.51. The predicted octanol–water partition coefficient (Wildman–Crippen LogP) is 7.67. The molecule has 3 aromatic rings. The third-order valence-corrected chi connectivity index (χ3v) is 6.54. The smallest absolute Gasteiger partial charge is 0.0727 e. The van der Waals surface area contributed by atoms with Crippen molar-refractivity contribution in [1.82, 2.24) is 0 Å². The van der Waals surface area contributed by atoms with E-state index in [1.807, 2.05) is 0 Å². The Morgan fingerprint density at radius 2 is 0.880 bits per heavy atom. The molecule has 0 saturated carbocycles. The zero-order chi connectivity index (χ0) is 18.1. The minimum atomic E-state index is -1.29. The lowest BCUT2D eigenvalue weighted by Gasteiger charge is -2.20. The van der Waals surface area contributed by atoms with Crippen molar-refractivity contribution in [3.63, 3.8) is 0 Å². The molecule has 128 valence electrons. The van der Waals surface area contributed by atoms with Crippen LogP contribution in [-0.2, 0) is 0 Å². The topological polar surface area (TPSA) is 0 Å². The summed E-state index contributed by atoms with van der Waals surface area (Å²) in [5.74, 6) is 0. The zero-order valence-corrected chi connectivity index (χ0v) is 17.3. The van der Waals surface area contributed by atoms with E-state index in [1.165, 1.54) is 33.4 Å². The van der Waals surface area contributed by atoms with E-state index in [0.29, 0.717) is 0 Å². The van der Waals surface area contributed by atoms with Crippen LogP contribution >= 0.6 is 29.1 Å². The maximum absolute atomic E-state index is 6.55. The highest BCUT2D eigenvalue weighted by molar-refractivity contribution is 8.09. The first-order valence-corrected chi connectivity index (χ1v) is 11.4. The summed E-state index contributed by atoms with van der Waals surface area (Å²) < 4.78 is 0.